The molecule has 0 spiro atoms. The van der Waals surface area contributed by atoms with Crippen molar-refractivity contribution in [2.75, 3.05) is 13.1 Å². The van der Waals surface area contributed by atoms with Gasteiger partial charge in [-0.2, -0.15) is 0 Å². The Morgan fingerprint density at radius 3 is 2.83 bits per heavy atom. The highest BCUT2D eigenvalue weighted by Crippen LogP contribution is 2.35. The summed E-state index contributed by atoms with van der Waals surface area (Å²) in [6.07, 6.45) is 1.04. The molecule has 2 aromatic heterocycles. The van der Waals surface area contributed by atoms with Crippen LogP contribution in [0.2, 0.25) is 0 Å². The smallest absolute Gasteiger partial charge is 0.259 e. The molecule has 2 bridgehead atoms. The zero-order valence-electron chi connectivity index (χ0n) is 13.3. The zero-order chi connectivity index (χ0) is 16.1. The Hall–Kier alpha value is -2.37. The minimum absolute atomic E-state index is 0.0114. The van der Waals surface area contributed by atoms with Gasteiger partial charge in [0.1, 0.15) is 11.3 Å². The molecule has 0 unspecified atom stereocenters. The Morgan fingerprint density at radius 2 is 2.09 bits per heavy atom. The summed E-state index contributed by atoms with van der Waals surface area (Å²) in [4.78, 5) is 26.8. The second kappa shape index (κ2) is 5.08. The van der Waals surface area contributed by atoms with E-state index in [9.17, 15) is 9.59 Å². The van der Waals surface area contributed by atoms with E-state index in [1.54, 1.807) is 19.9 Å². The fraction of sp³-hybridized carbons (Fsp3) is 0.471. The van der Waals surface area contributed by atoms with E-state index in [0.717, 1.165) is 12.1 Å². The molecule has 0 aliphatic carbocycles. The largest absolute Gasteiger partial charge is 0.361 e. The Morgan fingerprint density at radius 1 is 1.26 bits per heavy atom. The number of likely N-dealkylation sites (tertiary alicyclic amines) is 1. The van der Waals surface area contributed by atoms with Crippen LogP contribution in [-0.4, -0.2) is 33.6 Å². The van der Waals surface area contributed by atoms with Crippen molar-refractivity contribution in [1.82, 2.24) is 14.6 Å². The van der Waals surface area contributed by atoms with Gasteiger partial charge in [-0.15, -0.1) is 0 Å². The monoisotopic (exact) mass is 313 g/mol. The summed E-state index contributed by atoms with van der Waals surface area (Å²) >= 11 is 0. The van der Waals surface area contributed by atoms with Crippen molar-refractivity contribution < 1.29 is 9.32 Å². The predicted octanol–water partition coefficient (Wildman–Crippen LogP) is 1.71. The molecule has 4 rings (SSSR count). The van der Waals surface area contributed by atoms with E-state index in [1.165, 1.54) is 0 Å². The summed E-state index contributed by atoms with van der Waals surface area (Å²) in [5, 5.41) is 3.88. The molecule has 0 radical (unpaired) electrons. The Kier molecular flexibility index (Phi) is 3.14. The summed E-state index contributed by atoms with van der Waals surface area (Å²) in [5.41, 5.74) is 2.32. The SMILES string of the molecule is Cc1noc(C)c1C(=O)N1C[C@@H]2C[C@@H](C1)c1cccc(=O)n1C2. The van der Waals surface area contributed by atoms with Gasteiger partial charge < -0.3 is 14.0 Å². The number of carbonyl (C=O) groups excluding carboxylic acids is 1. The molecule has 2 aromatic rings. The van der Waals surface area contributed by atoms with E-state index in [0.29, 0.717) is 42.6 Å². The van der Waals surface area contributed by atoms with Gasteiger partial charge in [0.05, 0.1) is 5.69 Å². The molecule has 0 N–H and O–H groups in total. The maximum atomic E-state index is 12.9. The molecular weight excluding hydrogens is 294 g/mol. The van der Waals surface area contributed by atoms with Crippen molar-refractivity contribution >= 4 is 5.91 Å². The Bertz CT molecular complexity index is 816. The maximum Gasteiger partial charge on any atom is 0.259 e. The fourth-order valence-corrected chi connectivity index (χ4v) is 4.01. The number of aryl methyl sites for hydroxylation is 2. The number of carbonyl (C=O) groups is 1. The van der Waals surface area contributed by atoms with Gasteiger partial charge in [-0.05, 0) is 32.3 Å². The second-order valence-corrected chi connectivity index (χ2v) is 6.61. The summed E-state index contributed by atoms with van der Waals surface area (Å²) in [6.45, 7) is 5.58. The normalized spacial score (nSPS) is 22.8. The van der Waals surface area contributed by atoms with Gasteiger partial charge in [0.15, 0.2) is 0 Å². The molecule has 0 saturated carbocycles. The molecule has 2 aliphatic rings. The fourth-order valence-electron chi connectivity index (χ4n) is 4.01. The van der Waals surface area contributed by atoms with Crippen molar-refractivity contribution in [1.29, 1.82) is 0 Å². The first kappa shape index (κ1) is 14.2. The van der Waals surface area contributed by atoms with Gasteiger partial charge in [-0.1, -0.05) is 11.2 Å². The molecule has 23 heavy (non-hydrogen) atoms. The number of fused-ring (bicyclic) bond motifs is 4. The predicted molar refractivity (Wildman–Crippen MR) is 83.4 cm³/mol. The van der Waals surface area contributed by atoms with Crippen molar-refractivity contribution in [2.24, 2.45) is 5.92 Å². The molecule has 1 amide bonds. The van der Waals surface area contributed by atoms with Crippen LogP contribution in [0.25, 0.3) is 0 Å². The second-order valence-electron chi connectivity index (χ2n) is 6.61. The molecule has 4 heterocycles. The van der Waals surface area contributed by atoms with Crippen molar-refractivity contribution in [3.8, 4) is 0 Å². The van der Waals surface area contributed by atoms with E-state index in [4.69, 9.17) is 4.52 Å². The third kappa shape index (κ3) is 2.20. The Balaban J connectivity index is 1.66. The molecular formula is C17H19N3O3. The van der Waals surface area contributed by atoms with Gasteiger partial charge in [-0.25, -0.2) is 0 Å². The third-order valence-electron chi connectivity index (χ3n) is 5.01. The summed E-state index contributed by atoms with van der Waals surface area (Å²) in [6, 6.07) is 5.42. The number of hydrogen-bond acceptors (Lipinski definition) is 4. The van der Waals surface area contributed by atoms with Crippen LogP contribution in [0.3, 0.4) is 0 Å². The molecule has 1 saturated heterocycles. The topological polar surface area (TPSA) is 68.3 Å². The number of piperidine rings is 1. The number of rotatable bonds is 1. The van der Waals surface area contributed by atoms with Crippen LogP contribution in [-0.2, 0) is 6.54 Å². The van der Waals surface area contributed by atoms with Crippen molar-refractivity contribution in [2.45, 2.75) is 32.7 Å². The number of amides is 1. The zero-order valence-corrected chi connectivity index (χ0v) is 13.3. The first-order valence-electron chi connectivity index (χ1n) is 7.96. The van der Waals surface area contributed by atoms with Crippen LogP contribution in [0.15, 0.2) is 27.5 Å². The molecule has 0 aromatic carbocycles. The van der Waals surface area contributed by atoms with E-state index in [2.05, 4.69) is 5.16 Å². The van der Waals surface area contributed by atoms with Gasteiger partial charge in [0, 0.05) is 37.3 Å². The molecule has 2 atom stereocenters. The van der Waals surface area contributed by atoms with E-state index in [1.807, 2.05) is 21.6 Å². The molecule has 2 aliphatic heterocycles. The lowest BCUT2D eigenvalue weighted by Gasteiger charge is -2.42. The maximum absolute atomic E-state index is 12.9. The minimum atomic E-state index is -0.0114. The van der Waals surface area contributed by atoms with Crippen LogP contribution >= 0.6 is 0 Å². The summed E-state index contributed by atoms with van der Waals surface area (Å²) < 4.78 is 7.00. The van der Waals surface area contributed by atoms with Gasteiger partial charge in [-0.3, -0.25) is 9.59 Å². The van der Waals surface area contributed by atoms with Gasteiger partial charge >= 0.3 is 0 Å². The molecule has 6 heteroatoms. The van der Waals surface area contributed by atoms with Crippen LogP contribution in [0.5, 0.6) is 0 Å². The summed E-state index contributed by atoms with van der Waals surface area (Å²) in [5.74, 6) is 1.11. The lowest BCUT2D eigenvalue weighted by atomic mass is 9.83. The van der Waals surface area contributed by atoms with E-state index >= 15 is 0 Å². The lowest BCUT2D eigenvalue weighted by Crippen LogP contribution is -2.49. The van der Waals surface area contributed by atoms with Gasteiger partial charge in [0.25, 0.3) is 11.5 Å². The Labute approximate surface area is 133 Å². The van der Waals surface area contributed by atoms with E-state index in [-0.39, 0.29) is 17.4 Å². The first-order chi connectivity index (χ1) is 11.0. The highest BCUT2D eigenvalue weighted by molar-refractivity contribution is 5.96. The number of hydrogen-bond donors (Lipinski definition) is 0. The van der Waals surface area contributed by atoms with Crippen LogP contribution < -0.4 is 5.56 Å². The lowest BCUT2D eigenvalue weighted by molar-refractivity contribution is 0.0592. The number of pyridine rings is 1. The molecule has 1 fully saturated rings. The first-order valence-corrected chi connectivity index (χ1v) is 7.96. The number of nitrogens with zero attached hydrogens (tertiary/aromatic N) is 3. The number of aromatic nitrogens is 2. The van der Waals surface area contributed by atoms with Crippen LogP contribution in [0.1, 0.15) is 39.8 Å². The van der Waals surface area contributed by atoms with Crippen molar-refractivity contribution in [3.63, 3.8) is 0 Å². The van der Waals surface area contributed by atoms with Crippen LogP contribution in [0, 0.1) is 19.8 Å². The standard InChI is InChI=1S/C17H19N3O3/c1-10-16(11(2)23-18-10)17(22)19-7-12-6-13(9-19)14-4-3-5-15(21)20(14)8-12/h3-5,12-13H,6-9H2,1-2H3/t12-,13-/m0/s1. The quantitative estimate of drug-likeness (QED) is 0.804. The average molecular weight is 313 g/mol. The third-order valence-corrected chi connectivity index (χ3v) is 5.01. The minimum Gasteiger partial charge on any atom is -0.361 e. The van der Waals surface area contributed by atoms with Crippen LogP contribution in [0.4, 0.5) is 0 Å². The summed E-state index contributed by atoms with van der Waals surface area (Å²) in [7, 11) is 0. The van der Waals surface area contributed by atoms with Gasteiger partial charge in [0.2, 0.25) is 0 Å². The highest BCUT2D eigenvalue weighted by Gasteiger charge is 2.37. The van der Waals surface area contributed by atoms with E-state index < -0.39 is 0 Å². The van der Waals surface area contributed by atoms with Crippen molar-refractivity contribution in [3.05, 3.63) is 51.3 Å². The molecule has 120 valence electrons. The highest BCUT2D eigenvalue weighted by atomic mass is 16.5. The average Bonchev–Trinajstić information content (AvgIpc) is 2.86. The molecule has 6 nitrogen and oxygen atoms in total.